The van der Waals surface area contributed by atoms with Crippen LogP contribution in [0.3, 0.4) is 0 Å². The fraction of sp³-hybridized carbons (Fsp3) is 0.423. The van der Waals surface area contributed by atoms with Crippen molar-refractivity contribution in [2.24, 2.45) is 0 Å². The molecule has 2 aliphatic heterocycles. The highest BCUT2D eigenvalue weighted by atomic mass is 32.2. The van der Waals surface area contributed by atoms with Gasteiger partial charge in [-0.15, -0.1) is 0 Å². The lowest BCUT2D eigenvalue weighted by molar-refractivity contribution is 0.0654. The van der Waals surface area contributed by atoms with Gasteiger partial charge >= 0.3 is 0 Å². The Morgan fingerprint density at radius 3 is 2.56 bits per heavy atom. The standard InChI is InChI=1S/C26H31N5O7S/c1-18-9-10-22(27-16-18)39(32,33)30-24-23(38-21-8-4-3-7-20(21)34-2)25(37-17-19-6-5-13-36-19)29-26(28-24)31-11-14-35-15-12-31/h3-4,7-10,16,19H,5-6,11-15,17H2,1-2H3,(H,28,29,30). The Hall–Kier alpha value is -3.68. The van der Waals surface area contributed by atoms with E-state index in [9.17, 15) is 8.42 Å². The summed E-state index contributed by atoms with van der Waals surface area (Å²) in [5, 5.41) is -0.162. The molecule has 0 aliphatic carbocycles. The molecule has 13 heteroatoms. The van der Waals surface area contributed by atoms with E-state index in [0.29, 0.717) is 44.4 Å². The molecule has 1 N–H and O–H groups in total. The van der Waals surface area contributed by atoms with Gasteiger partial charge < -0.3 is 28.6 Å². The van der Waals surface area contributed by atoms with Gasteiger partial charge in [0.25, 0.3) is 15.9 Å². The number of hydrogen-bond acceptors (Lipinski definition) is 11. The summed E-state index contributed by atoms with van der Waals surface area (Å²) in [6.07, 6.45) is 3.16. The lowest BCUT2D eigenvalue weighted by Gasteiger charge is -2.28. The van der Waals surface area contributed by atoms with E-state index < -0.39 is 10.0 Å². The SMILES string of the molecule is COc1ccccc1Oc1c(NS(=O)(=O)c2ccc(C)cn2)nc(N2CCOCC2)nc1OCC1CCCO1. The summed E-state index contributed by atoms with van der Waals surface area (Å²) in [5.74, 6) is 1.02. The number of nitrogens with zero attached hydrogens (tertiary/aromatic N) is 4. The van der Waals surface area contributed by atoms with Crippen LogP contribution in [0.25, 0.3) is 0 Å². The molecule has 1 unspecified atom stereocenters. The molecule has 0 amide bonds. The van der Waals surface area contributed by atoms with E-state index in [1.165, 1.54) is 19.4 Å². The van der Waals surface area contributed by atoms with E-state index in [1.54, 1.807) is 30.3 Å². The van der Waals surface area contributed by atoms with Crippen molar-refractivity contribution in [2.75, 3.05) is 56.2 Å². The molecule has 0 bridgehead atoms. The highest BCUT2D eigenvalue weighted by molar-refractivity contribution is 7.92. The zero-order chi connectivity index (χ0) is 27.2. The third kappa shape index (κ3) is 6.49. The highest BCUT2D eigenvalue weighted by Crippen LogP contribution is 2.41. The number of morpholine rings is 1. The van der Waals surface area contributed by atoms with Gasteiger partial charge in [0.15, 0.2) is 22.3 Å². The van der Waals surface area contributed by atoms with E-state index in [4.69, 9.17) is 23.7 Å². The van der Waals surface area contributed by atoms with Crippen LogP contribution in [0.1, 0.15) is 18.4 Å². The van der Waals surface area contributed by atoms with Crippen molar-refractivity contribution in [3.05, 3.63) is 48.2 Å². The molecule has 2 aliphatic rings. The number of methoxy groups -OCH3 is 1. The largest absolute Gasteiger partial charge is 0.493 e. The number of rotatable bonds is 10. The van der Waals surface area contributed by atoms with Crippen LogP contribution in [0.2, 0.25) is 0 Å². The summed E-state index contributed by atoms with van der Waals surface area (Å²) in [4.78, 5) is 15.2. The number of anilines is 2. The molecule has 0 spiro atoms. The Morgan fingerprint density at radius 1 is 1.08 bits per heavy atom. The number of nitrogens with one attached hydrogen (secondary N) is 1. The summed E-state index contributed by atoms with van der Waals surface area (Å²) in [6.45, 7) is 4.75. The third-order valence-electron chi connectivity index (χ3n) is 6.22. The van der Waals surface area contributed by atoms with Crippen LogP contribution < -0.4 is 23.8 Å². The molecule has 5 rings (SSSR count). The van der Waals surface area contributed by atoms with Crippen molar-refractivity contribution in [1.29, 1.82) is 0 Å². The fourth-order valence-electron chi connectivity index (χ4n) is 4.14. The van der Waals surface area contributed by atoms with Crippen LogP contribution in [-0.2, 0) is 19.5 Å². The van der Waals surface area contributed by atoms with E-state index in [2.05, 4.69) is 19.7 Å². The average molecular weight is 558 g/mol. The number of benzene rings is 1. The van der Waals surface area contributed by atoms with Crippen LogP contribution >= 0.6 is 0 Å². The quantitative estimate of drug-likeness (QED) is 0.394. The first kappa shape index (κ1) is 26.9. The minimum absolute atomic E-state index is 0.00908. The van der Waals surface area contributed by atoms with Crippen LogP contribution in [0, 0.1) is 6.92 Å². The van der Waals surface area contributed by atoms with Crippen molar-refractivity contribution < 1.29 is 32.1 Å². The molecule has 0 radical (unpaired) electrons. The smallest absolute Gasteiger partial charge is 0.280 e. The predicted octanol–water partition coefficient (Wildman–Crippen LogP) is 3.18. The summed E-state index contributed by atoms with van der Waals surface area (Å²) < 4.78 is 58.3. The zero-order valence-electron chi connectivity index (χ0n) is 21.8. The third-order valence-corrected chi connectivity index (χ3v) is 7.47. The summed E-state index contributed by atoms with van der Waals surface area (Å²) in [6, 6.07) is 10.1. The zero-order valence-corrected chi connectivity index (χ0v) is 22.6. The molecule has 2 aromatic heterocycles. The molecule has 39 heavy (non-hydrogen) atoms. The van der Waals surface area contributed by atoms with Crippen LogP contribution in [0.4, 0.5) is 11.8 Å². The second kappa shape index (κ2) is 12.0. The Labute approximate surface area is 227 Å². The number of aromatic nitrogens is 3. The average Bonchev–Trinajstić information content (AvgIpc) is 3.48. The van der Waals surface area contributed by atoms with Gasteiger partial charge in [-0.05, 0) is 43.5 Å². The molecule has 2 saturated heterocycles. The minimum Gasteiger partial charge on any atom is -0.493 e. The van der Waals surface area contributed by atoms with Gasteiger partial charge in [0.2, 0.25) is 11.7 Å². The Balaban J connectivity index is 1.59. The van der Waals surface area contributed by atoms with E-state index in [0.717, 1.165) is 18.4 Å². The topological polar surface area (TPSA) is 134 Å². The molecular weight excluding hydrogens is 526 g/mol. The van der Waals surface area contributed by atoms with Crippen molar-refractivity contribution in [1.82, 2.24) is 15.0 Å². The van der Waals surface area contributed by atoms with Gasteiger partial charge in [-0.3, -0.25) is 4.72 Å². The number of pyridine rings is 1. The second-order valence-electron chi connectivity index (χ2n) is 9.08. The number of aryl methyl sites for hydroxylation is 1. The summed E-state index contributed by atoms with van der Waals surface area (Å²) in [7, 11) is -2.63. The van der Waals surface area contributed by atoms with Gasteiger partial charge in [-0.1, -0.05) is 18.2 Å². The number of ether oxygens (including phenoxy) is 5. The maximum atomic E-state index is 13.4. The summed E-state index contributed by atoms with van der Waals surface area (Å²) in [5.41, 5.74) is 0.829. The maximum absolute atomic E-state index is 13.4. The summed E-state index contributed by atoms with van der Waals surface area (Å²) >= 11 is 0. The Bertz CT molecular complexity index is 1380. The van der Waals surface area contributed by atoms with Crippen molar-refractivity contribution in [3.63, 3.8) is 0 Å². The van der Waals surface area contributed by atoms with Crippen molar-refractivity contribution >= 4 is 21.8 Å². The molecule has 3 aromatic rings. The van der Waals surface area contributed by atoms with E-state index in [1.807, 2.05) is 11.8 Å². The van der Waals surface area contributed by atoms with Crippen LogP contribution in [0.5, 0.6) is 23.1 Å². The predicted molar refractivity (Wildman–Crippen MR) is 142 cm³/mol. The Kier molecular flexibility index (Phi) is 8.29. The van der Waals surface area contributed by atoms with Crippen molar-refractivity contribution in [3.8, 4) is 23.1 Å². The second-order valence-corrected chi connectivity index (χ2v) is 10.7. The first-order valence-corrected chi connectivity index (χ1v) is 14.2. The first-order valence-electron chi connectivity index (χ1n) is 12.7. The molecule has 0 saturated carbocycles. The molecule has 2 fully saturated rings. The van der Waals surface area contributed by atoms with E-state index >= 15 is 0 Å². The van der Waals surface area contributed by atoms with Gasteiger partial charge in [0.1, 0.15) is 6.61 Å². The van der Waals surface area contributed by atoms with Gasteiger partial charge in [-0.2, -0.15) is 18.4 Å². The molecule has 4 heterocycles. The first-order chi connectivity index (χ1) is 18.9. The Morgan fingerprint density at radius 2 is 1.87 bits per heavy atom. The highest BCUT2D eigenvalue weighted by Gasteiger charge is 2.28. The molecular formula is C26H31N5O7S. The monoisotopic (exact) mass is 557 g/mol. The number of sulfonamides is 1. The normalized spacial score (nSPS) is 17.6. The lowest BCUT2D eigenvalue weighted by Crippen LogP contribution is -2.37. The minimum atomic E-state index is -4.14. The van der Waals surface area contributed by atoms with Gasteiger partial charge in [0.05, 0.1) is 26.4 Å². The molecule has 208 valence electrons. The molecule has 1 aromatic carbocycles. The van der Waals surface area contributed by atoms with Crippen LogP contribution in [0.15, 0.2) is 47.6 Å². The fourth-order valence-corrected chi connectivity index (χ4v) is 5.07. The lowest BCUT2D eigenvalue weighted by atomic mass is 10.2. The van der Waals surface area contributed by atoms with Crippen molar-refractivity contribution in [2.45, 2.75) is 30.9 Å². The molecule has 1 atom stereocenters. The van der Waals surface area contributed by atoms with Gasteiger partial charge in [-0.25, -0.2) is 4.98 Å². The number of para-hydroxylation sites is 2. The van der Waals surface area contributed by atoms with E-state index in [-0.39, 0.29) is 41.1 Å². The number of hydrogen-bond donors (Lipinski definition) is 1. The van der Waals surface area contributed by atoms with Crippen LogP contribution in [-0.4, -0.2) is 76.1 Å². The maximum Gasteiger partial charge on any atom is 0.280 e. The van der Waals surface area contributed by atoms with Gasteiger partial charge in [0, 0.05) is 25.9 Å². The molecule has 12 nitrogen and oxygen atoms in total.